The standard InChI is InChI=1S/C12H25N3O2/c1-3-4-5-13-12(16)14-11(2)10-15-6-8-17-9-7-15/h11H,3-10H2,1-2H3,(H2,13,14,16). The Balaban J connectivity index is 2.10. The lowest BCUT2D eigenvalue weighted by molar-refractivity contribution is 0.0349. The molecule has 0 aromatic heterocycles. The molecule has 0 aliphatic carbocycles. The summed E-state index contributed by atoms with van der Waals surface area (Å²) in [5, 5.41) is 5.81. The van der Waals surface area contributed by atoms with Gasteiger partial charge in [-0.3, -0.25) is 4.90 Å². The number of rotatable bonds is 6. The molecule has 1 rings (SSSR count). The fourth-order valence-corrected chi connectivity index (χ4v) is 1.87. The molecule has 17 heavy (non-hydrogen) atoms. The van der Waals surface area contributed by atoms with Crippen molar-refractivity contribution >= 4 is 6.03 Å². The molecular formula is C12H25N3O2. The molecule has 1 aliphatic rings. The zero-order valence-corrected chi connectivity index (χ0v) is 11.0. The smallest absolute Gasteiger partial charge is 0.315 e. The molecule has 0 saturated carbocycles. The number of morpholine rings is 1. The third kappa shape index (κ3) is 6.48. The van der Waals surface area contributed by atoms with Crippen molar-refractivity contribution in [2.45, 2.75) is 32.7 Å². The van der Waals surface area contributed by atoms with Crippen LogP contribution in [0.2, 0.25) is 0 Å². The van der Waals surface area contributed by atoms with Gasteiger partial charge in [-0.05, 0) is 13.3 Å². The summed E-state index contributed by atoms with van der Waals surface area (Å²) < 4.78 is 5.29. The largest absolute Gasteiger partial charge is 0.379 e. The Morgan fingerprint density at radius 3 is 2.76 bits per heavy atom. The third-order valence-electron chi connectivity index (χ3n) is 2.83. The number of hydrogen-bond donors (Lipinski definition) is 2. The second kappa shape index (κ2) is 8.31. The number of amides is 2. The number of urea groups is 1. The number of nitrogens with zero attached hydrogens (tertiary/aromatic N) is 1. The van der Waals surface area contributed by atoms with Gasteiger partial charge < -0.3 is 15.4 Å². The topological polar surface area (TPSA) is 53.6 Å². The zero-order chi connectivity index (χ0) is 12.5. The van der Waals surface area contributed by atoms with Crippen LogP contribution in [-0.2, 0) is 4.74 Å². The monoisotopic (exact) mass is 243 g/mol. The summed E-state index contributed by atoms with van der Waals surface area (Å²) in [5.74, 6) is 0. The molecule has 5 heteroatoms. The van der Waals surface area contributed by atoms with Gasteiger partial charge in [0.1, 0.15) is 0 Å². The van der Waals surface area contributed by atoms with E-state index in [1.165, 1.54) is 0 Å². The molecule has 0 aromatic rings. The minimum absolute atomic E-state index is 0.0563. The molecule has 1 unspecified atom stereocenters. The number of carbonyl (C=O) groups excluding carboxylic acids is 1. The lowest BCUT2D eigenvalue weighted by Gasteiger charge is -2.29. The molecule has 2 N–H and O–H groups in total. The Morgan fingerprint density at radius 1 is 1.41 bits per heavy atom. The van der Waals surface area contributed by atoms with Crippen LogP contribution in [0.5, 0.6) is 0 Å². The summed E-state index contributed by atoms with van der Waals surface area (Å²) in [4.78, 5) is 13.8. The van der Waals surface area contributed by atoms with E-state index in [9.17, 15) is 4.79 Å². The van der Waals surface area contributed by atoms with Gasteiger partial charge in [-0.25, -0.2) is 4.79 Å². The van der Waals surface area contributed by atoms with E-state index in [1.54, 1.807) is 0 Å². The fraction of sp³-hybridized carbons (Fsp3) is 0.917. The first-order valence-electron chi connectivity index (χ1n) is 6.57. The van der Waals surface area contributed by atoms with Crippen molar-refractivity contribution in [2.24, 2.45) is 0 Å². The molecule has 1 atom stereocenters. The molecule has 0 aromatic carbocycles. The Morgan fingerprint density at radius 2 is 2.12 bits per heavy atom. The Bertz CT molecular complexity index is 218. The number of nitrogens with one attached hydrogen (secondary N) is 2. The van der Waals surface area contributed by atoms with E-state index in [0.29, 0.717) is 0 Å². The van der Waals surface area contributed by atoms with Crippen LogP contribution in [-0.4, -0.2) is 56.4 Å². The van der Waals surface area contributed by atoms with Crippen LogP contribution >= 0.6 is 0 Å². The lowest BCUT2D eigenvalue weighted by atomic mass is 10.3. The minimum Gasteiger partial charge on any atom is -0.379 e. The second-order valence-corrected chi connectivity index (χ2v) is 4.57. The van der Waals surface area contributed by atoms with Crippen LogP contribution in [0.3, 0.4) is 0 Å². The summed E-state index contributed by atoms with van der Waals surface area (Å²) in [6.45, 7) is 9.32. The van der Waals surface area contributed by atoms with E-state index in [4.69, 9.17) is 4.74 Å². The van der Waals surface area contributed by atoms with Crippen molar-refractivity contribution in [3.05, 3.63) is 0 Å². The maximum Gasteiger partial charge on any atom is 0.315 e. The number of hydrogen-bond acceptors (Lipinski definition) is 3. The Labute approximate surface area is 104 Å². The summed E-state index contributed by atoms with van der Waals surface area (Å²) >= 11 is 0. The molecule has 100 valence electrons. The van der Waals surface area contributed by atoms with Gasteiger partial charge in [0.2, 0.25) is 0 Å². The van der Waals surface area contributed by atoms with Crippen molar-refractivity contribution in [3.63, 3.8) is 0 Å². The van der Waals surface area contributed by atoms with Crippen LogP contribution in [0.25, 0.3) is 0 Å². The first-order valence-corrected chi connectivity index (χ1v) is 6.57. The molecule has 0 radical (unpaired) electrons. The van der Waals surface area contributed by atoms with E-state index in [0.717, 1.165) is 52.2 Å². The lowest BCUT2D eigenvalue weighted by Crippen LogP contribution is -2.48. The number of unbranched alkanes of at least 4 members (excludes halogenated alkanes) is 1. The maximum absolute atomic E-state index is 11.5. The highest BCUT2D eigenvalue weighted by Gasteiger charge is 2.14. The third-order valence-corrected chi connectivity index (χ3v) is 2.83. The predicted octanol–water partition coefficient (Wildman–Crippen LogP) is 0.806. The van der Waals surface area contributed by atoms with Crippen molar-refractivity contribution < 1.29 is 9.53 Å². The van der Waals surface area contributed by atoms with Crippen LogP contribution in [0.1, 0.15) is 26.7 Å². The molecule has 1 aliphatic heterocycles. The van der Waals surface area contributed by atoms with Gasteiger partial charge in [-0.1, -0.05) is 13.3 Å². The van der Waals surface area contributed by atoms with E-state index in [2.05, 4.69) is 22.5 Å². The van der Waals surface area contributed by atoms with Crippen molar-refractivity contribution in [3.8, 4) is 0 Å². The first kappa shape index (κ1) is 14.3. The van der Waals surface area contributed by atoms with Gasteiger partial charge >= 0.3 is 6.03 Å². The van der Waals surface area contributed by atoms with Crippen molar-refractivity contribution in [2.75, 3.05) is 39.4 Å². The van der Waals surface area contributed by atoms with Crippen LogP contribution in [0.4, 0.5) is 4.79 Å². The fourth-order valence-electron chi connectivity index (χ4n) is 1.87. The first-order chi connectivity index (χ1) is 8.22. The van der Waals surface area contributed by atoms with Gasteiger partial charge in [0.25, 0.3) is 0 Å². The van der Waals surface area contributed by atoms with Gasteiger partial charge in [-0.2, -0.15) is 0 Å². The van der Waals surface area contributed by atoms with Crippen LogP contribution < -0.4 is 10.6 Å². The van der Waals surface area contributed by atoms with E-state index >= 15 is 0 Å². The molecule has 0 spiro atoms. The van der Waals surface area contributed by atoms with Gasteiger partial charge in [0.15, 0.2) is 0 Å². The average Bonchev–Trinajstić information content (AvgIpc) is 2.30. The zero-order valence-electron chi connectivity index (χ0n) is 11.0. The predicted molar refractivity (Wildman–Crippen MR) is 68.2 cm³/mol. The normalized spacial score (nSPS) is 18.7. The molecule has 1 fully saturated rings. The molecule has 5 nitrogen and oxygen atoms in total. The minimum atomic E-state index is -0.0563. The number of carbonyl (C=O) groups is 1. The number of ether oxygens (including phenoxy) is 1. The van der Waals surface area contributed by atoms with E-state index in [-0.39, 0.29) is 12.1 Å². The van der Waals surface area contributed by atoms with E-state index in [1.807, 2.05) is 6.92 Å². The maximum atomic E-state index is 11.5. The van der Waals surface area contributed by atoms with Gasteiger partial charge in [-0.15, -0.1) is 0 Å². The Kier molecular flexibility index (Phi) is 6.96. The molecular weight excluding hydrogens is 218 g/mol. The van der Waals surface area contributed by atoms with Crippen LogP contribution in [0, 0.1) is 0 Å². The average molecular weight is 243 g/mol. The quantitative estimate of drug-likeness (QED) is 0.679. The summed E-state index contributed by atoms with van der Waals surface area (Å²) in [6.07, 6.45) is 2.13. The van der Waals surface area contributed by atoms with Crippen molar-refractivity contribution in [1.82, 2.24) is 15.5 Å². The van der Waals surface area contributed by atoms with E-state index < -0.39 is 0 Å². The van der Waals surface area contributed by atoms with Crippen LogP contribution in [0.15, 0.2) is 0 Å². The SMILES string of the molecule is CCCCNC(=O)NC(C)CN1CCOCC1. The van der Waals surface area contributed by atoms with Crippen molar-refractivity contribution in [1.29, 1.82) is 0 Å². The second-order valence-electron chi connectivity index (χ2n) is 4.57. The van der Waals surface area contributed by atoms with Gasteiger partial charge in [0.05, 0.1) is 13.2 Å². The van der Waals surface area contributed by atoms with Gasteiger partial charge in [0, 0.05) is 32.2 Å². The summed E-state index contributed by atoms with van der Waals surface area (Å²) in [5.41, 5.74) is 0. The Hall–Kier alpha value is -0.810. The highest BCUT2D eigenvalue weighted by atomic mass is 16.5. The molecule has 1 saturated heterocycles. The molecule has 1 heterocycles. The highest BCUT2D eigenvalue weighted by Crippen LogP contribution is 1.98. The summed E-state index contributed by atoms with van der Waals surface area (Å²) in [7, 11) is 0. The highest BCUT2D eigenvalue weighted by molar-refractivity contribution is 5.74. The molecule has 0 bridgehead atoms. The molecule has 2 amide bonds. The summed E-state index contributed by atoms with van der Waals surface area (Å²) in [6, 6.07) is 0.119.